The van der Waals surface area contributed by atoms with Crippen LogP contribution in [0.5, 0.6) is 0 Å². The number of carbonyl (C=O) groups is 1. The highest BCUT2D eigenvalue weighted by molar-refractivity contribution is 7.91. The van der Waals surface area contributed by atoms with E-state index in [4.69, 9.17) is 4.42 Å². The second kappa shape index (κ2) is 5.52. The van der Waals surface area contributed by atoms with Gasteiger partial charge in [-0.2, -0.15) is 0 Å². The number of carboxylic acid groups (broad SMARTS) is 1. The minimum absolute atomic E-state index is 0.00352. The standard InChI is InChI=1S/C15H18O5S/c1-9(2)10(3)21(18,19)8-13-14(15(16)17)11-6-4-5-7-12(11)20-13/h4-7,9-10H,8H2,1-3H3,(H,16,17). The highest BCUT2D eigenvalue weighted by Gasteiger charge is 2.29. The quantitative estimate of drug-likeness (QED) is 0.917. The molecule has 1 aromatic heterocycles. The molecule has 0 saturated carbocycles. The molecule has 0 aliphatic rings. The van der Waals surface area contributed by atoms with Crippen molar-refractivity contribution < 1.29 is 22.7 Å². The minimum Gasteiger partial charge on any atom is -0.478 e. The van der Waals surface area contributed by atoms with Crippen LogP contribution in [-0.4, -0.2) is 24.7 Å². The predicted molar refractivity (Wildman–Crippen MR) is 80.1 cm³/mol. The number of hydrogen-bond donors (Lipinski definition) is 1. The molecule has 1 atom stereocenters. The first-order valence-corrected chi connectivity index (χ1v) is 8.41. The highest BCUT2D eigenvalue weighted by atomic mass is 32.2. The van der Waals surface area contributed by atoms with Crippen molar-refractivity contribution in [2.24, 2.45) is 5.92 Å². The molecule has 1 heterocycles. The second-order valence-electron chi connectivity index (χ2n) is 5.46. The van der Waals surface area contributed by atoms with Crippen molar-refractivity contribution >= 4 is 26.8 Å². The molecule has 114 valence electrons. The zero-order chi connectivity index (χ0) is 15.8. The van der Waals surface area contributed by atoms with E-state index < -0.39 is 26.8 Å². The Morgan fingerprint density at radius 2 is 1.86 bits per heavy atom. The molecule has 1 unspecified atom stereocenters. The molecule has 0 aliphatic heterocycles. The first-order chi connectivity index (χ1) is 9.74. The maximum Gasteiger partial charge on any atom is 0.339 e. The van der Waals surface area contributed by atoms with Crippen LogP contribution in [0.3, 0.4) is 0 Å². The van der Waals surface area contributed by atoms with Gasteiger partial charge in [0.15, 0.2) is 9.84 Å². The number of furan rings is 1. The molecule has 0 fully saturated rings. The molecule has 2 aromatic rings. The fraction of sp³-hybridized carbons (Fsp3) is 0.400. The molecule has 21 heavy (non-hydrogen) atoms. The van der Waals surface area contributed by atoms with Gasteiger partial charge >= 0.3 is 5.97 Å². The van der Waals surface area contributed by atoms with Gasteiger partial charge in [-0.25, -0.2) is 13.2 Å². The van der Waals surface area contributed by atoms with E-state index in [0.717, 1.165) is 0 Å². The van der Waals surface area contributed by atoms with Crippen LogP contribution in [0, 0.1) is 5.92 Å². The van der Waals surface area contributed by atoms with Crippen molar-refractivity contribution in [3.63, 3.8) is 0 Å². The predicted octanol–water partition coefficient (Wildman–Crippen LogP) is 3.09. The Labute approximate surface area is 123 Å². The summed E-state index contributed by atoms with van der Waals surface area (Å²) < 4.78 is 30.1. The van der Waals surface area contributed by atoms with Crippen LogP contribution in [0.2, 0.25) is 0 Å². The van der Waals surface area contributed by atoms with Gasteiger partial charge < -0.3 is 9.52 Å². The van der Waals surface area contributed by atoms with Crippen LogP contribution in [0.15, 0.2) is 28.7 Å². The van der Waals surface area contributed by atoms with E-state index >= 15 is 0 Å². The Morgan fingerprint density at radius 3 is 2.43 bits per heavy atom. The average Bonchev–Trinajstić information content (AvgIpc) is 2.74. The molecule has 0 aliphatic carbocycles. The van der Waals surface area contributed by atoms with Gasteiger partial charge in [-0.15, -0.1) is 0 Å². The Balaban J connectivity index is 2.52. The Bertz CT molecular complexity index is 770. The van der Waals surface area contributed by atoms with E-state index in [0.29, 0.717) is 11.0 Å². The fourth-order valence-electron chi connectivity index (χ4n) is 2.16. The summed E-state index contributed by atoms with van der Waals surface area (Å²) in [4.78, 5) is 11.4. The zero-order valence-corrected chi connectivity index (χ0v) is 13.0. The van der Waals surface area contributed by atoms with Gasteiger partial charge in [0.05, 0.1) is 5.25 Å². The van der Waals surface area contributed by atoms with Gasteiger partial charge in [0, 0.05) is 5.39 Å². The molecule has 0 amide bonds. The van der Waals surface area contributed by atoms with Crippen LogP contribution in [0.1, 0.15) is 36.9 Å². The summed E-state index contributed by atoms with van der Waals surface area (Å²) in [7, 11) is -3.47. The van der Waals surface area contributed by atoms with E-state index in [1.807, 2.05) is 13.8 Å². The lowest BCUT2D eigenvalue weighted by Crippen LogP contribution is -2.25. The van der Waals surface area contributed by atoms with E-state index in [9.17, 15) is 18.3 Å². The number of fused-ring (bicyclic) bond motifs is 1. The fourth-order valence-corrected chi connectivity index (χ4v) is 3.82. The van der Waals surface area contributed by atoms with Crippen LogP contribution in [-0.2, 0) is 15.6 Å². The normalized spacial score (nSPS) is 13.7. The lowest BCUT2D eigenvalue weighted by molar-refractivity contribution is 0.0697. The third kappa shape index (κ3) is 2.95. The van der Waals surface area contributed by atoms with Crippen LogP contribution < -0.4 is 0 Å². The van der Waals surface area contributed by atoms with Gasteiger partial charge in [-0.05, 0) is 18.9 Å². The number of hydrogen-bond acceptors (Lipinski definition) is 4. The van der Waals surface area contributed by atoms with E-state index in [-0.39, 0.29) is 17.2 Å². The topological polar surface area (TPSA) is 84.6 Å². The summed E-state index contributed by atoms with van der Waals surface area (Å²) in [5, 5.41) is 9.20. The third-order valence-electron chi connectivity index (χ3n) is 3.72. The van der Waals surface area contributed by atoms with Crippen molar-refractivity contribution in [3.8, 4) is 0 Å². The zero-order valence-electron chi connectivity index (χ0n) is 12.2. The lowest BCUT2D eigenvalue weighted by Gasteiger charge is -2.15. The van der Waals surface area contributed by atoms with E-state index in [2.05, 4.69) is 0 Å². The molecular weight excluding hydrogens is 292 g/mol. The van der Waals surface area contributed by atoms with Crippen molar-refractivity contribution in [3.05, 3.63) is 35.6 Å². The molecule has 6 heteroatoms. The van der Waals surface area contributed by atoms with Gasteiger partial charge in [0.25, 0.3) is 0 Å². The monoisotopic (exact) mass is 310 g/mol. The molecule has 0 radical (unpaired) electrons. The van der Waals surface area contributed by atoms with Gasteiger partial charge in [-0.1, -0.05) is 32.0 Å². The Kier molecular flexibility index (Phi) is 4.09. The number of rotatable bonds is 5. The third-order valence-corrected chi connectivity index (χ3v) is 6.06. The summed E-state index contributed by atoms with van der Waals surface area (Å²) >= 11 is 0. The maximum atomic E-state index is 12.3. The number of sulfone groups is 1. The molecule has 2 rings (SSSR count). The van der Waals surface area contributed by atoms with Gasteiger partial charge in [-0.3, -0.25) is 0 Å². The molecule has 5 nitrogen and oxygen atoms in total. The van der Waals surface area contributed by atoms with Crippen molar-refractivity contribution in [1.82, 2.24) is 0 Å². The molecule has 1 N–H and O–H groups in total. The first-order valence-electron chi connectivity index (χ1n) is 6.69. The molecule has 1 aromatic carbocycles. The van der Waals surface area contributed by atoms with Crippen molar-refractivity contribution in [1.29, 1.82) is 0 Å². The van der Waals surface area contributed by atoms with Crippen molar-refractivity contribution in [2.75, 3.05) is 0 Å². The first kappa shape index (κ1) is 15.6. The minimum atomic E-state index is -3.47. The number of benzene rings is 1. The molecule has 0 bridgehead atoms. The maximum absolute atomic E-state index is 12.3. The summed E-state index contributed by atoms with van der Waals surface area (Å²) in [5.74, 6) is -1.63. The number of carboxylic acids is 1. The van der Waals surface area contributed by atoms with Gasteiger partial charge in [0.1, 0.15) is 22.7 Å². The average molecular weight is 310 g/mol. The highest BCUT2D eigenvalue weighted by Crippen LogP contribution is 2.28. The second-order valence-corrected chi connectivity index (χ2v) is 7.82. The SMILES string of the molecule is CC(C)C(C)S(=O)(=O)Cc1oc2ccccc2c1C(=O)O. The largest absolute Gasteiger partial charge is 0.478 e. The molecule has 0 saturated heterocycles. The lowest BCUT2D eigenvalue weighted by atomic mass is 10.1. The van der Waals surface area contributed by atoms with Crippen LogP contribution in [0.4, 0.5) is 0 Å². The Morgan fingerprint density at radius 1 is 1.24 bits per heavy atom. The van der Waals surface area contributed by atoms with Crippen LogP contribution >= 0.6 is 0 Å². The van der Waals surface area contributed by atoms with E-state index in [1.165, 1.54) is 0 Å². The number of aromatic carboxylic acids is 1. The smallest absolute Gasteiger partial charge is 0.339 e. The van der Waals surface area contributed by atoms with Crippen molar-refractivity contribution in [2.45, 2.75) is 31.8 Å². The molecule has 0 spiro atoms. The van der Waals surface area contributed by atoms with E-state index in [1.54, 1.807) is 31.2 Å². The van der Waals surface area contributed by atoms with Gasteiger partial charge in [0.2, 0.25) is 0 Å². The Hall–Kier alpha value is -1.82. The van der Waals surface area contributed by atoms with Crippen LogP contribution in [0.25, 0.3) is 11.0 Å². The summed E-state index contributed by atoms with van der Waals surface area (Å²) in [5.41, 5.74) is 0.322. The summed E-state index contributed by atoms with van der Waals surface area (Å²) in [6, 6.07) is 6.65. The summed E-state index contributed by atoms with van der Waals surface area (Å²) in [6.45, 7) is 5.26. The summed E-state index contributed by atoms with van der Waals surface area (Å²) in [6.07, 6.45) is 0. The number of para-hydroxylation sites is 1. The molecular formula is C15H18O5S.